The van der Waals surface area contributed by atoms with Gasteiger partial charge in [0.1, 0.15) is 0 Å². The number of piperidine rings is 1. The molecule has 3 aromatic rings. The van der Waals surface area contributed by atoms with Gasteiger partial charge in [-0.2, -0.15) is 0 Å². The van der Waals surface area contributed by atoms with Crippen LogP contribution >= 0.6 is 0 Å². The summed E-state index contributed by atoms with van der Waals surface area (Å²) in [5.41, 5.74) is 2.64. The summed E-state index contributed by atoms with van der Waals surface area (Å²) in [6, 6.07) is 13.9. The molecule has 7 heteroatoms. The topological polar surface area (TPSA) is 81.3 Å². The van der Waals surface area contributed by atoms with Gasteiger partial charge in [0.25, 0.3) is 11.6 Å². The highest BCUT2D eigenvalue weighted by Gasteiger charge is 2.24. The molecule has 4 rings (SSSR count). The molecule has 7 nitrogen and oxygen atoms in total. The van der Waals surface area contributed by atoms with Crippen LogP contribution in [0.1, 0.15) is 23.2 Å². The van der Waals surface area contributed by atoms with Crippen molar-refractivity contribution < 1.29 is 9.72 Å². The number of aromatic nitrogens is 2. The third-order valence-corrected chi connectivity index (χ3v) is 5.21. The molecule has 0 aliphatic carbocycles. The average molecular weight is 364 g/mol. The lowest BCUT2D eigenvalue weighted by molar-refractivity contribution is -0.384. The smallest absolute Gasteiger partial charge is 0.269 e. The number of carbonyl (C=O) groups is 1. The van der Waals surface area contributed by atoms with Crippen molar-refractivity contribution in [1.82, 2.24) is 14.5 Å². The number of nitro groups is 1. The Morgan fingerprint density at radius 3 is 2.52 bits per heavy atom. The summed E-state index contributed by atoms with van der Waals surface area (Å²) in [4.78, 5) is 29.2. The third kappa shape index (κ3) is 3.53. The molecule has 0 atom stereocenters. The van der Waals surface area contributed by atoms with Crippen molar-refractivity contribution in [3.63, 3.8) is 0 Å². The summed E-state index contributed by atoms with van der Waals surface area (Å²) in [7, 11) is 0. The summed E-state index contributed by atoms with van der Waals surface area (Å²) >= 11 is 0. The second-order valence-corrected chi connectivity index (χ2v) is 6.93. The van der Waals surface area contributed by atoms with Crippen LogP contribution in [-0.2, 0) is 6.54 Å². The maximum atomic E-state index is 12.6. The molecule has 1 aromatic heterocycles. The summed E-state index contributed by atoms with van der Waals surface area (Å²) in [6.45, 7) is 2.31. The molecule has 0 N–H and O–H groups in total. The first-order valence-electron chi connectivity index (χ1n) is 9.05. The normalized spacial score (nSPS) is 15.2. The first-order chi connectivity index (χ1) is 13.1. The number of rotatable bonds is 4. The molecular formula is C20H20N4O3. The quantitative estimate of drug-likeness (QED) is 0.524. The summed E-state index contributed by atoms with van der Waals surface area (Å²) < 4.78 is 2.19. The molecule has 27 heavy (non-hydrogen) atoms. The molecule has 0 bridgehead atoms. The van der Waals surface area contributed by atoms with E-state index >= 15 is 0 Å². The number of para-hydroxylation sites is 2. The Morgan fingerprint density at radius 2 is 1.81 bits per heavy atom. The van der Waals surface area contributed by atoms with Crippen LogP contribution in [0.4, 0.5) is 5.69 Å². The van der Waals surface area contributed by atoms with Gasteiger partial charge < -0.3 is 9.47 Å². The first-order valence-corrected chi connectivity index (χ1v) is 9.05. The van der Waals surface area contributed by atoms with Crippen molar-refractivity contribution in [1.29, 1.82) is 0 Å². The van der Waals surface area contributed by atoms with E-state index in [4.69, 9.17) is 0 Å². The molecule has 2 aromatic carbocycles. The molecule has 1 aliphatic rings. The number of carbonyl (C=O) groups excluding carboxylic acids is 1. The number of nitro benzene ring substituents is 1. The van der Waals surface area contributed by atoms with Crippen LogP contribution in [0.15, 0.2) is 54.9 Å². The second-order valence-electron chi connectivity index (χ2n) is 6.93. The second kappa shape index (κ2) is 7.19. The van der Waals surface area contributed by atoms with E-state index < -0.39 is 4.92 Å². The molecule has 0 unspecified atom stereocenters. The molecule has 2 heterocycles. The van der Waals surface area contributed by atoms with Crippen molar-refractivity contribution in [2.24, 2.45) is 5.92 Å². The zero-order valence-electron chi connectivity index (χ0n) is 14.8. The van der Waals surface area contributed by atoms with Crippen LogP contribution in [-0.4, -0.2) is 38.4 Å². The third-order valence-electron chi connectivity index (χ3n) is 5.21. The van der Waals surface area contributed by atoms with Gasteiger partial charge in [-0.15, -0.1) is 0 Å². The highest BCUT2D eigenvalue weighted by Crippen LogP contribution is 2.23. The first kappa shape index (κ1) is 17.2. The zero-order valence-corrected chi connectivity index (χ0v) is 14.8. The number of imidazole rings is 1. The number of nitrogens with zero attached hydrogens (tertiary/aromatic N) is 4. The van der Waals surface area contributed by atoms with E-state index in [-0.39, 0.29) is 11.6 Å². The maximum Gasteiger partial charge on any atom is 0.269 e. The predicted octanol–water partition coefficient (Wildman–Crippen LogP) is 3.50. The van der Waals surface area contributed by atoms with Crippen molar-refractivity contribution in [2.75, 3.05) is 13.1 Å². The van der Waals surface area contributed by atoms with Gasteiger partial charge in [0.2, 0.25) is 0 Å². The minimum absolute atomic E-state index is 0.00202. The summed E-state index contributed by atoms with van der Waals surface area (Å²) in [5.74, 6) is 0.444. The van der Waals surface area contributed by atoms with Crippen LogP contribution in [0.25, 0.3) is 11.0 Å². The summed E-state index contributed by atoms with van der Waals surface area (Å²) in [6.07, 6.45) is 3.76. The zero-order chi connectivity index (χ0) is 18.8. The van der Waals surface area contributed by atoms with E-state index in [1.807, 2.05) is 29.4 Å². The van der Waals surface area contributed by atoms with Crippen LogP contribution in [0, 0.1) is 16.0 Å². The molecule has 0 radical (unpaired) electrons. The molecular weight excluding hydrogens is 344 g/mol. The van der Waals surface area contributed by atoms with Gasteiger partial charge in [0, 0.05) is 37.3 Å². The number of hydrogen-bond donors (Lipinski definition) is 0. The Labute approximate surface area is 156 Å². The monoisotopic (exact) mass is 364 g/mol. The van der Waals surface area contributed by atoms with Crippen LogP contribution in [0.5, 0.6) is 0 Å². The number of non-ortho nitro benzene ring substituents is 1. The lowest BCUT2D eigenvalue weighted by atomic mass is 9.96. The van der Waals surface area contributed by atoms with Crippen molar-refractivity contribution in [3.8, 4) is 0 Å². The Morgan fingerprint density at radius 1 is 1.11 bits per heavy atom. The lowest BCUT2D eigenvalue weighted by Crippen LogP contribution is -2.39. The fourth-order valence-corrected chi connectivity index (χ4v) is 3.66. The Bertz CT molecular complexity index is 972. The summed E-state index contributed by atoms with van der Waals surface area (Å²) in [5, 5.41) is 10.7. The molecule has 1 amide bonds. The van der Waals surface area contributed by atoms with Gasteiger partial charge in [-0.05, 0) is 43.0 Å². The van der Waals surface area contributed by atoms with Crippen molar-refractivity contribution in [3.05, 3.63) is 70.5 Å². The Hall–Kier alpha value is -3.22. The van der Waals surface area contributed by atoms with Gasteiger partial charge >= 0.3 is 0 Å². The molecule has 0 spiro atoms. The van der Waals surface area contributed by atoms with Crippen LogP contribution in [0.3, 0.4) is 0 Å². The van der Waals surface area contributed by atoms with E-state index in [2.05, 4.69) is 15.6 Å². The number of benzene rings is 2. The Kier molecular flexibility index (Phi) is 4.58. The number of amides is 1. The molecule has 0 saturated carbocycles. The fraction of sp³-hybridized carbons (Fsp3) is 0.300. The van der Waals surface area contributed by atoms with E-state index in [0.717, 1.165) is 30.4 Å². The van der Waals surface area contributed by atoms with Gasteiger partial charge in [-0.3, -0.25) is 14.9 Å². The SMILES string of the molecule is O=C(c1ccc([N+](=O)[O-])cc1)N1CCC(Cn2cnc3ccccc32)CC1. The standard InChI is InChI=1S/C20H20N4O3/c25-20(16-5-7-17(8-6-16)24(26)27)22-11-9-15(10-12-22)13-23-14-21-18-3-1-2-4-19(18)23/h1-8,14-15H,9-13H2. The van der Waals surface area contributed by atoms with E-state index in [1.165, 1.54) is 24.3 Å². The number of hydrogen-bond acceptors (Lipinski definition) is 4. The minimum atomic E-state index is -0.459. The molecule has 1 aliphatic heterocycles. The van der Waals surface area contributed by atoms with E-state index in [0.29, 0.717) is 24.6 Å². The van der Waals surface area contributed by atoms with Crippen LogP contribution < -0.4 is 0 Å². The van der Waals surface area contributed by atoms with Gasteiger partial charge in [-0.25, -0.2) is 4.98 Å². The molecule has 138 valence electrons. The number of likely N-dealkylation sites (tertiary alicyclic amines) is 1. The van der Waals surface area contributed by atoms with E-state index in [1.54, 1.807) is 0 Å². The van der Waals surface area contributed by atoms with Gasteiger partial charge in [-0.1, -0.05) is 12.1 Å². The average Bonchev–Trinajstić information content (AvgIpc) is 3.11. The van der Waals surface area contributed by atoms with Crippen LogP contribution in [0.2, 0.25) is 0 Å². The lowest BCUT2D eigenvalue weighted by Gasteiger charge is -2.32. The maximum absolute atomic E-state index is 12.6. The van der Waals surface area contributed by atoms with Crippen molar-refractivity contribution in [2.45, 2.75) is 19.4 Å². The Balaban J connectivity index is 1.37. The minimum Gasteiger partial charge on any atom is -0.339 e. The largest absolute Gasteiger partial charge is 0.339 e. The highest BCUT2D eigenvalue weighted by atomic mass is 16.6. The molecule has 1 fully saturated rings. The van der Waals surface area contributed by atoms with E-state index in [9.17, 15) is 14.9 Å². The molecule has 1 saturated heterocycles. The van der Waals surface area contributed by atoms with Gasteiger partial charge in [0.05, 0.1) is 22.3 Å². The number of fused-ring (bicyclic) bond motifs is 1. The van der Waals surface area contributed by atoms with Gasteiger partial charge in [0.15, 0.2) is 0 Å². The fourth-order valence-electron chi connectivity index (χ4n) is 3.66. The van der Waals surface area contributed by atoms with Crippen molar-refractivity contribution >= 4 is 22.6 Å². The predicted molar refractivity (Wildman–Crippen MR) is 101 cm³/mol. The highest BCUT2D eigenvalue weighted by molar-refractivity contribution is 5.94.